The van der Waals surface area contributed by atoms with E-state index in [-0.39, 0.29) is 21.7 Å². The lowest BCUT2D eigenvalue weighted by Gasteiger charge is -2.28. The minimum atomic E-state index is -0.136. The Morgan fingerprint density at radius 1 is 0.370 bits per heavy atom. The number of hydrogen-bond donors (Lipinski definition) is 2. The van der Waals surface area contributed by atoms with Gasteiger partial charge in [-0.15, -0.1) is 0 Å². The van der Waals surface area contributed by atoms with Crippen LogP contribution < -0.4 is 9.47 Å². The molecule has 4 aromatic rings. The highest BCUT2D eigenvalue weighted by molar-refractivity contribution is 5.59. The molecule has 0 radical (unpaired) electrons. The molecule has 54 heavy (non-hydrogen) atoms. The van der Waals surface area contributed by atoms with Crippen LogP contribution in [0.15, 0.2) is 60.7 Å². The van der Waals surface area contributed by atoms with Gasteiger partial charge in [0, 0.05) is 25.7 Å². The third kappa shape index (κ3) is 8.54. The molecule has 4 aromatic carbocycles. The molecule has 4 heteroatoms. The van der Waals surface area contributed by atoms with Gasteiger partial charge in [-0.25, -0.2) is 0 Å². The van der Waals surface area contributed by atoms with Crippen LogP contribution >= 0.6 is 0 Å². The first kappa shape index (κ1) is 39.5. The minimum absolute atomic E-state index is 0.133. The van der Waals surface area contributed by atoms with E-state index in [1.807, 2.05) is 0 Å². The maximum Gasteiger partial charge on any atom is 0.126 e. The molecular formula is C50H64O4. The fraction of sp³-hybridized carbons (Fsp3) is 0.480. The predicted octanol–water partition coefficient (Wildman–Crippen LogP) is 12.1. The van der Waals surface area contributed by atoms with Gasteiger partial charge in [0.05, 0.1) is 13.2 Å². The first-order chi connectivity index (χ1) is 25.1. The first-order valence-corrected chi connectivity index (χ1v) is 20.0. The number of ether oxygens (including phenoxy) is 2. The zero-order valence-electron chi connectivity index (χ0n) is 35.1. The SMILES string of the molecule is CC(C)(C)c1cc2c(O)c(c1)Cc1cc(C(C)(C)C)cc3c1OCC/C=C\CCOc1c(cc(C(C)(C)C)cc1Cc1cc(C(C)(C)C)cc(c1O)C3)C2. The molecule has 0 amide bonds. The summed E-state index contributed by atoms with van der Waals surface area (Å²) in [7, 11) is 0. The largest absolute Gasteiger partial charge is 0.507 e. The number of fused-ring (bicyclic) bond motifs is 6. The Morgan fingerprint density at radius 3 is 0.815 bits per heavy atom. The quantitative estimate of drug-likeness (QED) is 0.156. The van der Waals surface area contributed by atoms with Crippen molar-refractivity contribution >= 4 is 0 Å². The number of hydrogen-bond acceptors (Lipinski definition) is 4. The highest BCUT2D eigenvalue weighted by atomic mass is 16.5. The van der Waals surface area contributed by atoms with Crippen LogP contribution in [0.25, 0.3) is 0 Å². The molecule has 2 aliphatic heterocycles. The molecule has 0 saturated carbocycles. The molecule has 0 fully saturated rings. The summed E-state index contributed by atoms with van der Waals surface area (Å²) in [6.07, 6.45) is 7.98. The van der Waals surface area contributed by atoms with Crippen LogP contribution in [-0.4, -0.2) is 23.4 Å². The standard InChI is InChI=1S/C50H64O4/c1-47(2,3)39-23-31-19-35-27-41(49(7,8)9)29-37-21-33-25-40(48(4,5)6)26-34(44(33)52)22-38-30-42(50(10,11)12)28-36(20-32(24-39)43(31)51)46(38)54-18-16-14-13-15-17-53-45(35)37/h13-14,23-30,51-52H,15-22H2,1-12H3/b14-13-. The average Bonchev–Trinajstić information content (AvgIpc) is 3.04. The van der Waals surface area contributed by atoms with E-state index in [1.54, 1.807) is 0 Å². The van der Waals surface area contributed by atoms with Gasteiger partial charge in [-0.05, 0) is 101 Å². The van der Waals surface area contributed by atoms with Crippen molar-refractivity contribution < 1.29 is 19.7 Å². The van der Waals surface area contributed by atoms with Crippen LogP contribution in [-0.2, 0) is 47.3 Å². The summed E-state index contributed by atoms with van der Waals surface area (Å²) in [5.41, 5.74) is 12.0. The Morgan fingerprint density at radius 2 is 0.593 bits per heavy atom. The van der Waals surface area contributed by atoms with E-state index in [2.05, 4.69) is 144 Å². The van der Waals surface area contributed by atoms with Crippen molar-refractivity contribution in [3.63, 3.8) is 0 Å². The van der Waals surface area contributed by atoms with Gasteiger partial charge in [-0.3, -0.25) is 0 Å². The van der Waals surface area contributed by atoms with Crippen LogP contribution in [0.1, 0.15) is 163 Å². The maximum absolute atomic E-state index is 12.3. The van der Waals surface area contributed by atoms with E-state index in [4.69, 9.17) is 9.47 Å². The molecule has 2 N–H and O–H groups in total. The van der Waals surface area contributed by atoms with E-state index in [0.717, 1.165) is 68.8 Å². The first-order valence-electron chi connectivity index (χ1n) is 20.0. The Hall–Kier alpha value is -4.18. The monoisotopic (exact) mass is 728 g/mol. The Kier molecular flexibility index (Phi) is 10.6. The van der Waals surface area contributed by atoms with Crippen LogP contribution in [0.4, 0.5) is 0 Å². The summed E-state index contributed by atoms with van der Waals surface area (Å²) in [6, 6.07) is 18.0. The Bertz CT molecular complexity index is 1820. The smallest absolute Gasteiger partial charge is 0.126 e. The summed E-state index contributed by atoms with van der Waals surface area (Å²) in [5.74, 6) is 2.37. The van der Waals surface area contributed by atoms with E-state index < -0.39 is 0 Å². The third-order valence-corrected chi connectivity index (χ3v) is 11.2. The number of rotatable bonds is 0. The molecule has 1 aliphatic carbocycles. The molecule has 0 unspecified atom stereocenters. The normalized spacial score (nSPS) is 16.1. The van der Waals surface area contributed by atoms with Crippen molar-refractivity contribution in [3.05, 3.63) is 127 Å². The van der Waals surface area contributed by atoms with Crippen molar-refractivity contribution in [1.29, 1.82) is 0 Å². The van der Waals surface area contributed by atoms with Gasteiger partial charge in [-0.2, -0.15) is 0 Å². The lowest BCUT2D eigenvalue weighted by molar-refractivity contribution is 0.315. The van der Waals surface area contributed by atoms with Crippen LogP contribution in [0.5, 0.6) is 23.0 Å². The van der Waals surface area contributed by atoms with Crippen molar-refractivity contribution in [3.8, 4) is 23.0 Å². The molecule has 4 nitrogen and oxygen atoms in total. The summed E-state index contributed by atoms with van der Waals surface area (Å²) < 4.78 is 13.7. The lowest BCUT2D eigenvalue weighted by atomic mass is 9.79. The fourth-order valence-electron chi connectivity index (χ4n) is 7.71. The molecule has 2 heterocycles. The average molecular weight is 729 g/mol. The van der Waals surface area contributed by atoms with Gasteiger partial charge < -0.3 is 19.7 Å². The van der Waals surface area contributed by atoms with E-state index in [1.165, 1.54) is 22.3 Å². The van der Waals surface area contributed by atoms with E-state index in [9.17, 15) is 10.2 Å². The molecule has 7 rings (SSSR count). The second-order valence-corrected chi connectivity index (χ2v) is 20.0. The highest BCUT2D eigenvalue weighted by Gasteiger charge is 2.28. The predicted molar refractivity (Wildman–Crippen MR) is 224 cm³/mol. The summed E-state index contributed by atoms with van der Waals surface area (Å²) >= 11 is 0. The van der Waals surface area contributed by atoms with Crippen LogP contribution in [0.3, 0.4) is 0 Å². The highest BCUT2D eigenvalue weighted by Crippen LogP contribution is 2.44. The van der Waals surface area contributed by atoms with Crippen molar-refractivity contribution in [2.75, 3.05) is 13.2 Å². The molecule has 288 valence electrons. The topological polar surface area (TPSA) is 58.9 Å². The van der Waals surface area contributed by atoms with Gasteiger partial charge in [-0.1, -0.05) is 144 Å². The van der Waals surface area contributed by atoms with E-state index in [0.29, 0.717) is 50.4 Å². The summed E-state index contributed by atoms with van der Waals surface area (Å²) in [6.45, 7) is 28.0. The summed E-state index contributed by atoms with van der Waals surface area (Å²) in [5, 5.41) is 24.7. The second kappa shape index (κ2) is 14.5. The number of benzene rings is 4. The molecule has 0 aromatic heterocycles. The zero-order valence-corrected chi connectivity index (χ0v) is 35.1. The molecule has 3 aliphatic rings. The van der Waals surface area contributed by atoms with Crippen LogP contribution in [0.2, 0.25) is 0 Å². The van der Waals surface area contributed by atoms with Crippen molar-refractivity contribution in [1.82, 2.24) is 0 Å². The Balaban J connectivity index is 1.77. The zero-order chi connectivity index (χ0) is 39.4. The molecule has 0 saturated heterocycles. The molecule has 10 bridgehead atoms. The fourth-order valence-corrected chi connectivity index (χ4v) is 7.71. The minimum Gasteiger partial charge on any atom is -0.507 e. The van der Waals surface area contributed by atoms with Crippen molar-refractivity contribution in [2.24, 2.45) is 0 Å². The molecule has 0 atom stereocenters. The van der Waals surface area contributed by atoms with Gasteiger partial charge >= 0.3 is 0 Å². The second-order valence-electron chi connectivity index (χ2n) is 20.0. The summed E-state index contributed by atoms with van der Waals surface area (Å²) in [4.78, 5) is 0. The lowest BCUT2D eigenvalue weighted by Crippen LogP contribution is -2.16. The van der Waals surface area contributed by atoms with Gasteiger partial charge in [0.15, 0.2) is 0 Å². The van der Waals surface area contributed by atoms with Crippen molar-refractivity contribution in [2.45, 2.75) is 143 Å². The molecular weight excluding hydrogens is 665 g/mol. The Labute approximate surface area is 325 Å². The van der Waals surface area contributed by atoms with Crippen LogP contribution in [0, 0.1) is 0 Å². The van der Waals surface area contributed by atoms with Gasteiger partial charge in [0.2, 0.25) is 0 Å². The maximum atomic E-state index is 12.3. The van der Waals surface area contributed by atoms with Gasteiger partial charge in [0.1, 0.15) is 23.0 Å². The van der Waals surface area contributed by atoms with E-state index >= 15 is 0 Å². The van der Waals surface area contributed by atoms with Gasteiger partial charge in [0.25, 0.3) is 0 Å². The third-order valence-electron chi connectivity index (χ3n) is 11.2. The number of phenols is 2. The molecule has 0 spiro atoms. The number of phenolic OH excluding ortho intramolecular Hbond substituents is 2. The number of aromatic hydroxyl groups is 2.